The number of likely N-dealkylation sites (tertiary alicyclic amines) is 1. The maximum atomic E-state index is 13.3. The normalized spacial score (nSPS) is 19.9. The maximum Gasteiger partial charge on any atom is 0.254 e. The average Bonchev–Trinajstić information content (AvgIpc) is 2.36. The second-order valence-electron chi connectivity index (χ2n) is 4.76. The molecule has 0 radical (unpaired) electrons. The van der Waals surface area contributed by atoms with Crippen LogP contribution in [0.4, 0.5) is 4.39 Å². The lowest BCUT2D eigenvalue weighted by Crippen LogP contribution is -2.47. The molecule has 0 aliphatic carbocycles. The van der Waals surface area contributed by atoms with E-state index in [0.717, 1.165) is 6.07 Å². The first-order valence-corrected chi connectivity index (χ1v) is 8.44. The first kappa shape index (κ1) is 15.4. The molecular formula is C12H14BrFN2O3S. The van der Waals surface area contributed by atoms with Gasteiger partial charge in [0.2, 0.25) is 10.0 Å². The number of nitrogens with zero attached hydrogens (tertiary/aromatic N) is 1. The van der Waals surface area contributed by atoms with Gasteiger partial charge in [-0.1, -0.05) is 15.9 Å². The van der Waals surface area contributed by atoms with E-state index in [9.17, 15) is 17.6 Å². The Morgan fingerprint density at radius 2 is 2.10 bits per heavy atom. The molecule has 0 saturated carbocycles. The minimum Gasteiger partial charge on any atom is -0.337 e. The van der Waals surface area contributed by atoms with E-state index in [-0.39, 0.29) is 12.1 Å². The van der Waals surface area contributed by atoms with Crippen LogP contribution in [0, 0.1) is 5.82 Å². The number of nitrogens with two attached hydrogens (primary N) is 1. The molecule has 1 aromatic rings. The van der Waals surface area contributed by atoms with Crippen LogP contribution in [0.2, 0.25) is 0 Å². The van der Waals surface area contributed by atoms with Gasteiger partial charge in [0, 0.05) is 23.1 Å². The van der Waals surface area contributed by atoms with Gasteiger partial charge < -0.3 is 4.90 Å². The third kappa shape index (κ3) is 3.56. The first-order valence-electron chi connectivity index (χ1n) is 6.04. The summed E-state index contributed by atoms with van der Waals surface area (Å²) in [7, 11) is -3.67. The van der Waals surface area contributed by atoms with Gasteiger partial charge in [0.1, 0.15) is 5.82 Å². The zero-order valence-corrected chi connectivity index (χ0v) is 13.0. The van der Waals surface area contributed by atoms with Crippen LogP contribution in [0.15, 0.2) is 22.7 Å². The standard InChI is InChI=1S/C12H14BrFN2O3S/c13-9-4-8(5-10(14)6-9)12(17)16-3-1-2-11(7-16)20(15,18)19/h4-6,11H,1-3,7H2,(H2,15,18,19). The van der Waals surface area contributed by atoms with Gasteiger partial charge in [0.15, 0.2) is 0 Å². The number of halogens is 2. The molecule has 1 heterocycles. The van der Waals surface area contributed by atoms with Gasteiger partial charge in [-0.05, 0) is 31.0 Å². The Kier molecular flexibility index (Phi) is 4.46. The zero-order valence-electron chi connectivity index (χ0n) is 10.6. The number of hydrogen-bond donors (Lipinski definition) is 1. The van der Waals surface area contributed by atoms with Gasteiger partial charge in [-0.15, -0.1) is 0 Å². The van der Waals surface area contributed by atoms with Gasteiger partial charge in [-0.2, -0.15) is 0 Å². The second-order valence-corrected chi connectivity index (χ2v) is 7.52. The Balaban J connectivity index is 2.20. The van der Waals surface area contributed by atoms with Crippen LogP contribution in [-0.2, 0) is 10.0 Å². The van der Waals surface area contributed by atoms with Gasteiger partial charge >= 0.3 is 0 Å². The lowest BCUT2D eigenvalue weighted by Gasteiger charge is -2.31. The highest BCUT2D eigenvalue weighted by Crippen LogP contribution is 2.20. The minimum atomic E-state index is -3.67. The van der Waals surface area contributed by atoms with Crippen molar-refractivity contribution in [2.24, 2.45) is 5.14 Å². The summed E-state index contributed by atoms with van der Waals surface area (Å²) in [6, 6.07) is 3.89. The summed E-state index contributed by atoms with van der Waals surface area (Å²) in [5.74, 6) is -0.915. The number of benzene rings is 1. The molecule has 0 bridgehead atoms. The van der Waals surface area contributed by atoms with Crippen molar-refractivity contribution >= 4 is 31.9 Å². The van der Waals surface area contributed by atoms with Crippen LogP contribution in [0.25, 0.3) is 0 Å². The van der Waals surface area contributed by atoms with Gasteiger partial charge in [-0.25, -0.2) is 17.9 Å². The number of hydrogen-bond acceptors (Lipinski definition) is 3. The number of sulfonamides is 1. The molecule has 0 aromatic heterocycles. The number of primary sulfonamides is 1. The van der Waals surface area contributed by atoms with Gasteiger partial charge in [0.05, 0.1) is 5.25 Å². The van der Waals surface area contributed by atoms with E-state index in [0.29, 0.717) is 23.9 Å². The third-order valence-electron chi connectivity index (χ3n) is 3.24. The van der Waals surface area contributed by atoms with E-state index in [2.05, 4.69) is 15.9 Å². The quantitative estimate of drug-likeness (QED) is 0.862. The Hall–Kier alpha value is -0.990. The number of rotatable bonds is 2. The predicted octanol–water partition coefficient (Wildman–Crippen LogP) is 1.48. The highest BCUT2D eigenvalue weighted by atomic mass is 79.9. The Bertz CT molecular complexity index is 615. The summed E-state index contributed by atoms with van der Waals surface area (Å²) >= 11 is 3.12. The number of piperidine rings is 1. The van der Waals surface area contributed by atoms with E-state index in [1.165, 1.54) is 17.0 Å². The summed E-state index contributed by atoms with van der Waals surface area (Å²) in [6.07, 6.45) is 0.999. The summed E-state index contributed by atoms with van der Waals surface area (Å²) in [5, 5.41) is 4.37. The van der Waals surface area contributed by atoms with Crippen LogP contribution in [0.1, 0.15) is 23.2 Å². The van der Waals surface area contributed by atoms with Crippen molar-refractivity contribution in [3.05, 3.63) is 34.1 Å². The molecule has 1 atom stereocenters. The fraction of sp³-hybridized carbons (Fsp3) is 0.417. The Morgan fingerprint density at radius 3 is 2.70 bits per heavy atom. The molecule has 1 aliphatic heterocycles. The van der Waals surface area contributed by atoms with Crippen LogP contribution >= 0.6 is 15.9 Å². The topological polar surface area (TPSA) is 80.5 Å². The molecule has 1 aliphatic rings. The SMILES string of the molecule is NS(=O)(=O)C1CCCN(C(=O)c2cc(F)cc(Br)c2)C1. The fourth-order valence-corrected chi connectivity index (χ4v) is 3.60. The smallest absolute Gasteiger partial charge is 0.254 e. The van der Waals surface area contributed by atoms with E-state index in [4.69, 9.17) is 5.14 Å². The van der Waals surface area contributed by atoms with Crippen molar-refractivity contribution in [1.29, 1.82) is 0 Å². The monoisotopic (exact) mass is 364 g/mol. The van der Waals surface area contributed by atoms with Crippen molar-refractivity contribution in [3.8, 4) is 0 Å². The molecule has 1 amide bonds. The summed E-state index contributed by atoms with van der Waals surface area (Å²) in [6.45, 7) is 0.491. The second kappa shape index (κ2) is 5.79. The molecular weight excluding hydrogens is 351 g/mol. The maximum absolute atomic E-state index is 13.3. The predicted molar refractivity (Wildman–Crippen MR) is 76.1 cm³/mol. The van der Waals surface area contributed by atoms with Crippen LogP contribution in [-0.4, -0.2) is 37.6 Å². The molecule has 0 spiro atoms. The Morgan fingerprint density at radius 1 is 1.40 bits per heavy atom. The van der Waals surface area contributed by atoms with E-state index in [1.54, 1.807) is 0 Å². The lowest BCUT2D eigenvalue weighted by atomic mass is 10.1. The fourth-order valence-electron chi connectivity index (χ4n) is 2.25. The Labute approximate surface area is 125 Å². The largest absolute Gasteiger partial charge is 0.337 e. The zero-order chi connectivity index (χ0) is 14.9. The molecule has 5 nitrogen and oxygen atoms in total. The molecule has 1 fully saturated rings. The van der Waals surface area contributed by atoms with Crippen molar-refractivity contribution in [3.63, 3.8) is 0 Å². The lowest BCUT2D eigenvalue weighted by molar-refractivity contribution is 0.0726. The number of amides is 1. The summed E-state index contributed by atoms with van der Waals surface area (Å²) in [4.78, 5) is 13.7. The number of carbonyl (C=O) groups excluding carboxylic acids is 1. The molecule has 1 saturated heterocycles. The molecule has 2 rings (SSSR count). The average molecular weight is 365 g/mol. The summed E-state index contributed by atoms with van der Waals surface area (Å²) in [5.41, 5.74) is 0.187. The highest BCUT2D eigenvalue weighted by Gasteiger charge is 2.31. The van der Waals surface area contributed by atoms with Crippen LogP contribution < -0.4 is 5.14 Å². The van der Waals surface area contributed by atoms with Crippen molar-refractivity contribution < 1.29 is 17.6 Å². The summed E-state index contributed by atoms with van der Waals surface area (Å²) < 4.78 is 36.5. The minimum absolute atomic E-state index is 0.0474. The molecule has 1 unspecified atom stereocenters. The highest BCUT2D eigenvalue weighted by molar-refractivity contribution is 9.10. The molecule has 110 valence electrons. The van der Waals surface area contributed by atoms with Crippen molar-refractivity contribution in [2.75, 3.05) is 13.1 Å². The van der Waals surface area contributed by atoms with E-state index < -0.39 is 27.0 Å². The molecule has 2 N–H and O–H groups in total. The van der Waals surface area contributed by atoms with E-state index in [1.807, 2.05) is 0 Å². The van der Waals surface area contributed by atoms with Gasteiger partial charge in [0.25, 0.3) is 5.91 Å². The van der Waals surface area contributed by atoms with Crippen molar-refractivity contribution in [2.45, 2.75) is 18.1 Å². The van der Waals surface area contributed by atoms with Crippen LogP contribution in [0.3, 0.4) is 0 Å². The molecule has 20 heavy (non-hydrogen) atoms. The molecule has 1 aromatic carbocycles. The number of carbonyl (C=O) groups is 1. The third-order valence-corrected chi connectivity index (χ3v) is 5.01. The first-order chi connectivity index (χ1) is 9.27. The van der Waals surface area contributed by atoms with Crippen LogP contribution in [0.5, 0.6) is 0 Å². The molecule has 8 heteroatoms. The van der Waals surface area contributed by atoms with Crippen molar-refractivity contribution in [1.82, 2.24) is 4.90 Å². The van der Waals surface area contributed by atoms with E-state index >= 15 is 0 Å². The van der Waals surface area contributed by atoms with Gasteiger partial charge in [-0.3, -0.25) is 4.79 Å².